The van der Waals surface area contributed by atoms with Crippen LogP contribution in [0.2, 0.25) is 18.1 Å². The first-order chi connectivity index (χ1) is 10.5. The lowest BCUT2D eigenvalue weighted by atomic mass is 10.1. The lowest BCUT2D eigenvalue weighted by molar-refractivity contribution is -0.163. The van der Waals surface area contributed by atoms with Crippen LogP contribution in [0.15, 0.2) is 0 Å². The summed E-state index contributed by atoms with van der Waals surface area (Å²) in [6.45, 7) is 15.8. The van der Waals surface area contributed by atoms with E-state index in [1.807, 2.05) is 5.32 Å². The van der Waals surface area contributed by atoms with Crippen LogP contribution in [0.1, 0.15) is 54.4 Å². The lowest BCUT2D eigenvalue weighted by Crippen LogP contribution is -2.55. The molecule has 1 unspecified atom stereocenters. The summed E-state index contributed by atoms with van der Waals surface area (Å²) in [5.41, 5.74) is -3.16. The molecule has 0 radical (unpaired) electrons. The van der Waals surface area contributed by atoms with Crippen molar-refractivity contribution in [1.29, 1.82) is 0 Å². The maximum atomic E-state index is 11.7. The number of carbonyl (C=O) groups excluding carboxylic acids is 1. The largest absolute Gasteiger partial charge is 0.478 e. The Bertz CT molecular complexity index is 452. The molecule has 24 heavy (non-hydrogen) atoms. The van der Waals surface area contributed by atoms with E-state index in [4.69, 9.17) is 9.16 Å². The molecule has 7 nitrogen and oxygen atoms in total. The van der Waals surface area contributed by atoms with Crippen LogP contribution in [0.4, 0.5) is 4.79 Å². The van der Waals surface area contributed by atoms with Gasteiger partial charge in [0.05, 0.1) is 0 Å². The Hall–Kier alpha value is -1.12. The van der Waals surface area contributed by atoms with E-state index in [0.29, 0.717) is 13.0 Å². The Labute approximate surface area is 145 Å². The molecular weight excluding hydrogens is 330 g/mol. The molecule has 0 heterocycles. The second-order valence-corrected chi connectivity index (χ2v) is 13.3. The minimum atomic E-state index is -2.38. The number of aliphatic hydroxyl groups is 1. The third-order valence-corrected chi connectivity index (χ3v) is 8.55. The zero-order chi connectivity index (χ0) is 19.4. The Morgan fingerprint density at radius 2 is 1.58 bits per heavy atom. The number of carboxylic acids is 1. The smallest absolute Gasteiger partial charge is 0.410 e. The van der Waals surface area contributed by atoms with Crippen LogP contribution in [0.5, 0.6) is 0 Å². The molecular formula is C16H33NO6Si. The van der Waals surface area contributed by atoms with Crippen LogP contribution < -0.4 is 5.32 Å². The molecule has 0 saturated heterocycles. The van der Waals surface area contributed by atoms with Crippen molar-refractivity contribution < 1.29 is 29.0 Å². The van der Waals surface area contributed by atoms with E-state index in [1.165, 1.54) is 0 Å². The predicted octanol–water partition coefficient (Wildman–Crippen LogP) is 3.09. The number of amides is 1. The molecule has 1 amide bonds. The molecule has 0 aliphatic carbocycles. The fraction of sp³-hybridized carbons (Fsp3) is 0.875. The average molecular weight is 364 g/mol. The molecule has 142 valence electrons. The van der Waals surface area contributed by atoms with Crippen molar-refractivity contribution in [2.45, 2.75) is 83.8 Å². The maximum absolute atomic E-state index is 11.7. The first kappa shape index (κ1) is 22.9. The van der Waals surface area contributed by atoms with Crippen LogP contribution in [-0.2, 0) is 14.0 Å². The summed E-state index contributed by atoms with van der Waals surface area (Å²) < 4.78 is 10.9. The molecule has 0 aliphatic heterocycles. The Morgan fingerprint density at radius 3 is 1.96 bits per heavy atom. The fourth-order valence-electron chi connectivity index (χ4n) is 1.57. The second-order valence-electron chi connectivity index (χ2n) is 8.50. The molecule has 0 bridgehead atoms. The third kappa shape index (κ3) is 7.63. The zero-order valence-electron chi connectivity index (χ0n) is 16.1. The Balaban J connectivity index is 4.65. The molecule has 1 atom stereocenters. The number of alkyl carbamates (subject to hydrolysis) is 1. The van der Waals surface area contributed by atoms with E-state index in [0.717, 1.165) is 0 Å². The molecule has 0 rings (SSSR count). The molecule has 0 aromatic heterocycles. The van der Waals surface area contributed by atoms with Crippen LogP contribution >= 0.6 is 0 Å². The van der Waals surface area contributed by atoms with Gasteiger partial charge in [-0.1, -0.05) is 20.8 Å². The van der Waals surface area contributed by atoms with Gasteiger partial charge < -0.3 is 19.4 Å². The number of carbonyl (C=O) groups is 2. The van der Waals surface area contributed by atoms with E-state index in [-0.39, 0.29) is 11.5 Å². The van der Waals surface area contributed by atoms with E-state index >= 15 is 0 Å². The topological polar surface area (TPSA) is 105 Å². The number of carboxylic acid groups (broad SMARTS) is 1. The SMILES string of the molecule is CC(C)(C)OC(=O)NC(O)(CCCO[Si](C)(C)C(C)(C)C)C(=O)O. The summed E-state index contributed by atoms with van der Waals surface area (Å²) in [5, 5.41) is 21.5. The first-order valence-electron chi connectivity index (χ1n) is 8.11. The minimum Gasteiger partial charge on any atom is -0.478 e. The highest BCUT2D eigenvalue weighted by molar-refractivity contribution is 6.74. The zero-order valence-corrected chi connectivity index (χ0v) is 17.1. The molecule has 0 aromatic rings. The predicted molar refractivity (Wildman–Crippen MR) is 94.3 cm³/mol. The van der Waals surface area contributed by atoms with Gasteiger partial charge in [0.1, 0.15) is 5.60 Å². The average Bonchev–Trinajstić information content (AvgIpc) is 2.30. The molecule has 0 aromatic carbocycles. The van der Waals surface area contributed by atoms with Crippen molar-refractivity contribution in [3.63, 3.8) is 0 Å². The van der Waals surface area contributed by atoms with Crippen LogP contribution in [0.25, 0.3) is 0 Å². The van der Waals surface area contributed by atoms with Gasteiger partial charge in [0, 0.05) is 13.0 Å². The van der Waals surface area contributed by atoms with Gasteiger partial charge in [-0.15, -0.1) is 0 Å². The van der Waals surface area contributed by atoms with Crippen molar-refractivity contribution in [2.24, 2.45) is 0 Å². The monoisotopic (exact) mass is 363 g/mol. The van der Waals surface area contributed by atoms with Crippen molar-refractivity contribution in [2.75, 3.05) is 6.61 Å². The molecule has 0 spiro atoms. The highest BCUT2D eigenvalue weighted by atomic mass is 28.4. The Morgan fingerprint density at radius 1 is 1.08 bits per heavy atom. The van der Waals surface area contributed by atoms with E-state index in [1.54, 1.807) is 20.8 Å². The number of rotatable bonds is 7. The summed E-state index contributed by atoms with van der Waals surface area (Å²) in [6, 6.07) is 0. The summed E-state index contributed by atoms with van der Waals surface area (Å²) in [5.74, 6) is -1.53. The normalized spacial score (nSPS) is 15.5. The number of nitrogens with one attached hydrogen (secondary N) is 1. The second kappa shape index (κ2) is 7.84. The maximum Gasteiger partial charge on any atom is 0.410 e. The van der Waals surface area contributed by atoms with E-state index in [2.05, 4.69) is 33.9 Å². The first-order valence-corrected chi connectivity index (χ1v) is 11.0. The van der Waals surface area contributed by atoms with Gasteiger partial charge in [-0.05, 0) is 45.3 Å². The summed E-state index contributed by atoms with van der Waals surface area (Å²) in [7, 11) is -1.93. The van der Waals surface area contributed by atoms with Crippen LogP contribution in [-0.4, -0.2) is 48.5 Å². The fourth-order valence-corrected chi connectivity index (χ4v) is 2.65. The molecule has 0 aliphatic rings. The standard InChI is InChI=1S/C16H33NO6Si/c1-14(2,3)23-13(20)17-16(21,12(18)19)10-9-11-22-24(7,8)15(4,5)6/h21H,9-11H2,1-8H3,(H,17,20)(H,18,19). The molecule has 0 fully saturated rings. The van der Waals surface area contributed by atoms with Gasteiger partial charge >= 0.3 is 12.1 Å². The number of hydrogen-bond donors (Lipinski definition) is 3. The van der Waals surface area contributed by atoms with Gasteiger partial charge in [-0.25, -0.2) is 9.59 Å². The van der Waals surface area contributed by atoms with Gasteiger partial charge in [0.2, 0.25) is 5.72 Å². The Kier molecular flexibility index (Phi) is 7.47. The molecule has 0 saturated carbocycles. The number of hydrogen-bond acceptors (Lipinski definition) is 5. The van der Waals surface area contributed by atoms with Gasteiger partial charge in [0.25, 0.3) is 0 Å². The van der Waals surface area contributed by atoms with Gasteiger partial charge in [-0.2, -0.15) is 0 Å². The quantitative estimate of drug-likeness (QED) is 0.365. The van der Waals surface area contributed by atoms with Crippen LogP contribution in [0, 0.1) is 0 Å². The van der Waals surface area contributed by atoms with Gasteiger partial charge in [0.15, 0.2) is 8.32 Å². The summed E-state index contributed by atoms with van der Waals surface area (Å²) >= 11 is 0. The summed E-state index contributed by atoms with van der Waals surface area (Å²) in [6.07, 6.45) is -0.848. The highest BCUT2D eigenvalue weighted by Crippen LogP contribution is 2.36. The van der Waals surface area contributed by atoms with E-state index in [9.17, 15) is 19.8 Å². The highest BCUT2D eigenvalue weighted by Gasteiger charge is 2.40. The van der Waals surface area contributed by atoms with Crippen LogP contribution in [0.3, 0.4) is 0 Å². The number of aliphatic carboxylic acids is 1. The van der Waals surface area contributed by atoms with Crippen molar-refractivity contribution in [3.8, 4) is 0 Å². The molecule has 8 heteroatoms. The minimum absolute atomic E-state index is 0.0465. The molecule has 3 N–H and O–H groups in total. The van der Waals surface area contributed by atoms with Crippen molar-refractivity contribution in [3.05, 3.63) is 0 Å². The van der Waals surface area contributed by atoms with Gasteiger partial charge in [-0.3, -0.25) is 5.32 Å². The lowest BCUT2D eigenvalue weighted by Gasteiger charge is -2.36. The van der Waals surface area contributed by atoms with Crippen molar-refractivity contribution >= 4 is 20.4 Å². The van der Waals surface area contributed by atoms with E-state index < -0.39 is 31.7 Å². The summed E-state index contributed by atoms with van der Waals surface area (Å²) in [4.78, 5) is 23.0. The third-order valence-electron chi connectivity index (χ3n) is 4.01. The number of ether oxygens (including phenoxy) is 1. The van der Waals surface area contributed by atoms with Crippen molar-refractivity contribution in [1.82, 2.24) is 5.32 Å².